The first-order valence-electron chi connectivity index (χ1n) is 10.3. The third-order valence-corrected chi connectivity index (χ3v) is 7.02. The number of rotatable bonds is 6. The van der Waals surface area contributed by atoms with E-state index >= 15 is 0 Å². The molecule has 1 aromatic carbocycles. The Morgan fingerprint density at radius 2 is 1.97 bits per heavy atom. The Morgan fingerprint density at radius 1 is 1.21 bits per heavy atom. The number of alkyl halides is 3. The van der Waals surface area contributed by atoms with Crippen LogP contribution in [-0.4, -0.2) is 16.0 Å². The van der Waals surface area contributed by atoms with Gasteiger partial charge in [-0.2, -0.15) is 18.3 Å². The monoisotopic (exact) mass is 512 g/mol. The van der Waals surface area contributed by atoms with E-state index in [0.29, 0.717) is 5.76 Å². The number of hydrogen-bond acceptors (Lipinski definition) is 3. The molecule has 1 aromatic heterocycles. The average molecular weight is 513 g/mol. The van der Waals surface area contributed by atoms with Crippen molar-refractivity contribution < 1.29 is 17.9 Å². The van der Waals surface area contributed by atoms with Crippen molar-refractivity contribution >= 4 is 35.0 Å². The standard InChI is InChI=1S/C24H21Cl2F3N2OS/c1-33-21-8-3-2-5-18(21)15-9-11-17(12-10-15)32-14-16-13-22(24(27,28)29)30-31(16)23-19(25)6-4-7-20(23)26/h2,4-7,9,11-13,15H,3,8,10,14H2,1H3. The van der Waals surface area contributed by atoms with E-state index < -0.39 is 11.9 Å². The molecule has 1 unspecified atom stereocenters. The lowest BCUT2D eigenvalue weighted by Crippen LogP contribution is -2.09. The van der Waals surface area contributed by atoms with Crippen molar-refractivity contribution in [2.75, 3.05) is 6.26 Å². The largest absolute Gasteiger partial charge is 0.488 e. The fourth-order valence-electron chi connectivity index (χ4n) is 3.85. The third kappa shape index (κ3) is 5.36. The molecular weight excluding hydrogens is 492 g/mol. The van der Waals surface area contributed by atoms with Gasteiger partial charge in [-0.15, -0.1) is 11.8 Å². The van der Waals surface area contributed by atoms with Crippen molar-refractivity contribution in [3.63, 3.8) is 0 Å². The number of aromatic nitrogens is 2. The summed E-state index contributed by atoms with van der Waals surface area (Å²) in [6.45, 7) is -0.121. The Kier molecular flexibility index (Phi) is 7.31. The smallest absolute Gasteiger partial charge is 0.435 e. The number of ether oxygens (including phenoxy) is 1. The average Bonchev–Trinajstić information content (AvgIpc) is 3.22. The molecule has 0 bridgehead atoms. The molecule has 2 aliphatic rings. The number of nitrogens with zero attached hydrogens (tertiary/aromatic N) is 2. The van der Waals surface area contributed by atoms with Gasteiger partial charge in [-0.25, -0.2) is 4.68 Å². The Balaban J connectivity index is 1.54. The summed E-state index contributed by atoms with van der Waals surface area (Å²) in [5, 5.41) is 4.10. The summed E-state index contributed by atoms with van der Waals surface area (Å²) in [7, 11) is 0. The fourth-order valence-corrected chi connectivity index (χ4v) is 5.19. The normalized spacial score (nSPS) is 18.6. The quantitative estimate of drug-likeness (QED) is 0.390. The minimum absolute atomic E-state index is 0.121. The molecule has 33 heavy (non-hydrogen) atoms. The maximum absolute atomic E-state index is 13.4. The molecule has 4 rings (SSSR count). The van der Waals surface area contributed by atoms with Gasteiger partial charge in [-0.3, -0.25) is 0 Å². The summed E-state index contributed by atoms with van der Waals surface area (Å²) in [5.41, 5.74) is 0.660. The van der Waals surface area contributed by atoms with Crippen LogP contribution in [-0.2, 0) is 17.5 Å². The molecular formula is C24H21Cl2F3N2OS. The van der Waals surface area contributed by atoms with E-state index in [-0.39, 0.29) is 34.0 Å². The first kappa shape index (κ1) is 24.0. The van der Waals surface area contributed by atoms with Crippen LogP contribution in [0.15, 0.2) is 70.9 Å². The number of para-hydroxylation sites is 1. The van der Waals surface area contributed by atoms with Gasteiger partial charge in [0.05, 0.1) is 15.7 Å². The predicted molar refractivity (Wildman–Crippen MR) is 128 cm³/mol. The first-order chi connectivity index (χ1) is 15.8. The molecule has 0 fully saturated rings. The van der Waals surface area contributed by atoms with Crippen LogP contribution in [0, 0.1) is 5.92 Å². The molecule has 0 saturated carbocycles. The molecule has 1 atom stereocenters. The molecule has 174 valence electrons. The van der Waals surface area contributed by atoms with Crippen LogP contribution in [0.1, 0.15) is 30.7 Å². The topological polar surface area (TPSA) is 27.1 Å². The van der Waals surface area contributed by atoms with Crippen molar-refractivity contribution in [2.45, 2.75) is 32.0 Å². The summed E-state index contributed by atoms with van der Waals surface area (Å²) in [5.74, 6) is 0.865. The lowest BCUT2D eigenvalue weighted by molar-refractivity contribution is -0.141. The highest BCUT2D eigenvalue weighted by atomic mass is 35.5. The first-order valence-corrected chi connectivity index (χ1v) is 12.3. The van der Waals surface area contributed by atoms with Crippen molar-refractivity contribution in [1.29, 1.82) is 0 Å². The zero-order chi connectivity index (χ0) is 23.6. The highest BCUT2D eigenvalue weighted by molar-refractivity contribution is 8.02. The minimum atomic E-state index is -4.61. The van der Waals surface area contributed by atoms with Gasteiger partial charge in [0.2, 0.25) is 0 Å². The van der Waals surface area contributed by atoms with Crippen LogP contribution in [0.25, 0.3) is 5.69 Å². The minimum Gasteiger partial charge on any atom is -0.488 e. The van der Waals surface area contributed by atoms with Gasteiger partial charge in [-0.05, 0) is 66.3 Å². The number of allylic oxidation sites excluding steroid dienone is 7. The van der Waals surface area contributed by atoms with Crippen molar-refractivity contribution in [3.05, 3.63) is 92.3 Å². The second-order valence-electron chi connectivity index (χ2n) is 7.62. The summed E-state index contributed by atoms with van der Waals surface area (Å²) in [4.78, 5) is 1.39. The molecule has 0 saturated heterocycles. The van der Waals surface area contributed by atoms with Crippen LogP contribution in [0.4, 0.5) is 13.2 Å². The van der Waals surface area contributed by atoms with Crippen molar-refractivity contribution in [2.24, 2.45) is 5.92 Å². The second kappa shape index (κ2) is 10.0. The van der Waals surface area contributed by atoms with E-state index in [4.69, 9.17) is 27.9 Å². The second-order valence-corrected chi connectivity index (χ2v) is 9.34. The molecule has 1 heterocycles. The molecule has 2 aliphatic carbocycles. The molecule has 9 heteroatoms. The molecule has 0 amide bonds. The highest BCUT2D eigenvalue weighted by Crippen LogP contribution is 2.36. The Hall–Kier alpha value is -2.09. The third-order valence-electron chi connectivity index (χ3n) is 5.48. The van der Waals surface area contributed by atoms with Crippen LogP contribution < -0.4 is 0 Å². The van der Waals surface area contributed by atoms with Gasteiger partial charge >= 0.3 is 6.18 Å². The van der Waals surface area contributed by atoms with Crippen LogP contribution >= 0.6 is 35.0 Å². The summed E-state index contributed by atoms with van der Waals surface area (Å²) in [6.07, 6.45) is 10.7. The number of hydrogen-bond donors (Lipinski definition) is 0. The van der Waals surface area contributed by atoms with E-state index in [1.54, 1.807) is 30.0 Å². The van der Waals surface area contributed by atoms with Gasteiger partial charge in [-0.1, -0.05) is 47.5 Å². The lowest BCUT2D eigenvalue weighted by Gasteiger charge is -2.23. The van der Waals surface area contributed by atoms with E-state index in [9.17, 15) is 13.2 Å². The van der Waals surface area contributed by atoms with Gasteiger partial charge < -0.3 is 4.74 Å². The molecule has 0 radical (unpaired) electrons. The molecule has 0 aliphatic heterocycles. The van der Waals surface area contributed by atoms with E-state index in [1.165, 1.54) is 10.5 Å². The highest BCUT2D eigenvalue weighted by Gasteiger charge is 2.35. The van der Waals surface area contributed by atoms with E-state index in [0.717, 1.165) is 30.0 Å². The Morgan fingerprint density at radius 3 is 2.61 bits per heavy atom. The van der Waals surface area contributed by atoms with Crippen LogP contribution in [0.3, 0.4) is 0 Å². The molecule has 3 nitrogen and oxygen atoms in total. The zero-order valence-corrected chi connectivity index (χ0v) is 20.0. The summed E-state index contributed by atoms with van der Waals surface area (Å²) >= 11 is 14.2. The van der Waals surface area contributed by atoms with Gasteiger partial charge in [0.25, 0.3) is 0 Å². The number of halogens is 5. The summed E-state index contributed by atoms with van der Waals surface area (Å²) < 4.78 is 47.0. The zero-order valence-electron chi connectivity index (χ0n) is 17.7. The molecule has 0 spiro atoms. The van der Waals surface area contributed by atoms with Gasteiger partial charge in [0, 0.05) is 5.92 Å². The Bertz CT molecular complexity index is 1140. The van der Waals surface area contributed by atoms with Crippen molar-refractivity contribution in [1.82, 2.24) is 9.78 Å². The van der Waals surface area contributed by atoms with E-state index in [1.807, 2.05) is 12.2 Å². The summed E-state index contributed by atoms with van der Waals surface area (Å²) in [6, 6.07) is 5.67. The number of thioether (sulfide) groups is 1. The maximum Gasteiger partial charge on any atom is 0.435 e. The van der Waals surface area contributed by atoms with Crippen LogP contribution in [0.5, 0.6) is 0 Å². The van der Waals surface area contributed by atoms with Crippen molar-refractivity contribution in [3.8, 4) is 5.69 Å². The SMILES string of the molecule is CSC1=C(C2C=CC(OCc3cc(C(F)(F)F)nn3-c3c(Cl)cccc3Cl)=CC2)C=CCC1. The molecule has 0 N–H and O–H groups in total. The van der Waals surface area contributed by atoms with Gasteiger partial charge in [0.15, 0.2) is 5.69 Å². The maximum atomic E-state index is 13.4. The van der Waals surface area contributed by atoms with Gasteiger partial charge in [0.1, 0.15) is 18.1 Å². The van der Waals surface area contributed by atoms with Crippen LogP contribution in [0.2, 0.25) is 10.0 Å². The fraction of sp³-hybridized carbons (Fsp3) is 0.292. The van der Waals surface area contributed by atoms with E-state index in [2.05, 4.69) is 29.6 Å². The lowest BCUT2D eigenvalue weighted by atomic mass is 9.88. The number of benzene rings is 1. The Labute approximate surface area is 204 Å². The predicted octanol–water partition coefficient (Wildman–Crippen LogP) is 8.14. The molecule has 2 aromatic rings.